The standard InChI is InChI=1S/C40H30OS/c1-40(2)35-20-18-28(27-13-8-12-26(22-27)25-10-4-3-5-11-25)23-33(35)38(41)34-24-29(19-21-36(34)40)30-15-9-16-32-31-14-6-7-17-37(31)42-39(30)32/h3-24,38,41H,1-2H3. The molecule has 1 heterocycles. The van der Waals surface area contributed by atoms with E-state index >= 15 is 0 Å². The van der Waals surface area contributed by atoms with Crippen LogP contribution in [-0.4, -0.2) is 5.11 Å². The van der Waals surface area contributed by atoms with Crippen molar-refractivity contribution in [2.24, 2.45) is 0 Å². The van der Waals surface area contributed by atoms with Crippen LogP contribution in [0.5, 0.6) is 0 Å². The van der Waals surface area contributed by atoms with Crippen LogP contribution in [0.25, 0.3) is 53.6 Å². The molecule has 1 N–H and O–H groups in total. The van der Waals surface area contributed by atoms with Gasteiger partial charge in [0.15, 0.2) is 0 Å². The summed E-state index contributed by atoms with van der Waals surface area (Å²) in [6, 6.07) is 47.7. The maximum atomic E-state index is 12.0. The average molecular weight is 559 g/mol. The molecule has 8 rings (SSSR count). The Labute approximate surface area is 250 Å². The van der Waals surface area contributed by atoms with Gasteiger partial charge in [-0.1, -0.05) is 123 Å². The Morgan fingerprint density at radius 1 is 0.524 bits per heavy atom. The molecule has 1 aromatic heterocycles. The molecule has 0 saturated carbocycles. The lowest BCUT2D eigenvalue weighted by Gasteiger charge is -2.38. The third kappa shape index (κ3) is 3.87. The molecule has 1 aliphatic rings. The molecule has 1 unspecified atom stereocenters. The van der Waals surface area contributed by atoms with Crippen LogP contribution in [0, 0.1) is 0 Å². The molecule has 0 saturated heterocycles. The van der Waals surface area contributed by atoms with Gasteiger partial charge in [0.05, 0.1) is 0 Å². The summed E-state index contributed by atoms with van der Waals surface area (Å²) >= 11 is 1.85. The second-order valence-electron chi connectivity index (χ2n) is 11.9. The second kappa shape index (κ2) is 9.52. The lowest BCUT2D eigenvalue weighted by molar-refractivity contribution is 0.210. The molecule has 0 aliphatic heterocycles. The van der Waals surface area contributed by atoms with E-state index in [-0.39, 0.29) is 5.41 Å². The number of hydrogen-bond acceptors (Lipinski definition) is 2. The van der Waals surface area contributed by atoms with E-state index in [0.717, 1.165) is 27.8 Å². The molecule has 1 nitrogen and oxygen atoms in total. The maximum Gasteiger partial charge on any atom is 0.105 e. The van der Waals surface area contributed by atoms with Crippen LogP contribution in [0.2, 0.25) is 0 Å². The summed E-state index contributed by atoms with van der Waals surface area (Å²) in [5.74, 6) is 0. The van der Waals surface area contributed by atoms with Crippen LogP contribution < -0.4 is 0 Å². The average Bonchev–Trinajstić information content (AvgIpc) is 3.43. The van der Waals surface area contributed by atoms with Crippen molar-refractivity contribution in [1.29, 1.82) is 0 Å². The third-order valence-corrected chi connectivity index (χ3v) is 10.3. The van der Waals surface area contributed by atoms with Gasteiger partial charge in [0.25, 0.3) is 0 Å². The molecule has 0 spiro atoms. The fraction of sp³-hybridized carbons (Fsp3) is 0.100. The molecule has 0 bridgehead atoms. The van der Waals surface area contributed by atoms with Gasteiger partial charge in [0, 0.05) is 25.6 Å². The smallest absolute Gasteiger partial charge is 0.105 e. The van der Waals surface area contributed by atoms with Gasteiger partial charge in [-0.15, -0.1) is 11.3 Å². The molecule has 0 radical (unpaired) electrons. The van der Waals surface area contributed by atoms with Gasteiger partial charge in [-0.3, -0.25) is 0 Å². The van der Waals surface area contributed by atoms with E-state index in [1.807, 2.05) is 17.4 Å². The second-order valence-corrected chi connectivity index (χ2v) is 12.9. The predicted octanol–water partition coefficient (Wildman–Crippen LogP) is 10.8. The van der Waals surface area contributed by atoms with Crippen LogP contribution in [0.3, 0.4) is 0 Å². The first-order chi connectivity index (χ1) is 20.5. The number of thiophene rings is 1. The highest BCUT2D eigenvalue weighted by Crippen LogP contribution is 2.49. The van der Waals surface area contributed by atoms with Crippen molar-refractivity contribution in [1.82, 2.24) is 0 Å². The van der Waals surface area contributed by atoms with Crippen molar-refractivity contribution in [2.75, 3.05) is 0 Å². The Bertz CT molecular complexity index is 2130. The molecule has 0 amide bonds. The van der Waals surface area contributed by atoms with Gasteiger partial charge >= 0.3 is 0 Å². The maximum absolute atomic E-state index is 12.0. The largest absolute Gasteiger partial charge is 0.384 e. The van der Waals surface area contributed by atoms with Gasteiger partial charge in [-0.25, -0.2) is 0 Å². The van der Waals surface area contributed by atoms with Crippen molar-refractivity contribution >= 4 is 31.5 Å². The summed E-state index contributed by atoms with van der Waals surface area (Å²) in [5.41, 5.74) is 11.2. The van der Waals surface area contributed by atoms with E-state index < -0.39 is 6.10 Å². The van der Waals surface area contributed by atoms with Crippen molar-refractivity contribution in [3.8, 4) is 33.4 Å². The van der Waals surface area contributed by atoms with E-state index in [1.165, 1.54) is 48.0 Å². The highest BCUT2D eigenvalue weighted by Gasteiger charge is 2.37. The van der Waals surface area contributed by atoms with Gasteiger partial charge in [0.2, 0.25) is 0 Å². The number of benzene rings is 6. The quantitative estimate of drug-likeness (QED) is 0.229. The summed E-state index contributed by atoms with van der Waals surface area (Å²) in [6.07, 6.45) is -0.693. The molecule has 1 atom stereocenters. The fourth-order valence-corrected chi connectivity index (χ4v) is 8.10. The molecular formula is C40H30OS. The monoisotopic (exact) mass is 558 g/mol. The summed E-state index contributed by atoms with van der Waals surface area (Å²) in [6.45, 7) is 4.55. The highest BCUT2D eigenvalue weighted by molar-refractivity contribution is 7.26. The summed E-state index contributed by atoms with van der Waals surface area (Å²) < 4.78 is 2.60. The van der Waals surface area contributed by atoms with E-state index in [4.69, 9.17) is 0 Å². The van der Waals surface area contributed by atoms with Crippen LogP contribution in [-0.2, 0) is 5.41 Å². The van der Waals surface area contributed by atoms with E-state index in [9.17, 15) is 5.11 Å². The highest BCUT2D eigenvalue weighted by atomic mass is 32.1. The first-order valence-electron chi connectivity index (χ1n) is 14.5. The van der Waals surface area contributed by atoms with Crippen molar-refractivity contribution in [3.63, 3.8) is 0 Å². The van der Waals surface area contributed by atoms with Gasteiger partial charge in [0.1, 0.15) is 6.10 Å². The molecule has 42 heavy (non-hydrogen) atoms. The molecule has 202 valence electrons. The van der Waals surface area contributed by atoms with Crippen molar-refractivity contribution < 1.29 is 5.11 Å². The molecule has 7 aromatic rings. The summed E-state index contributed by atoms with van der Waals surface area (Å²) in [5, 5.41) is 14.5. The molecular weight excluding hydrogens is 529 g/mol. The van der Waals surface area contributed by atoms with Gasteiger partial charge < -0.3 is 5.11 Å². The number of aliphatic hydroxyl groups is 1. The van der Waals surface area contributed by atoms with Gasteiger partial charge in [-0.2, -0.15) is 0 Å². The van der Waals surface area contributed by atoms with E-state index in [1.54, 1.807) is 0 Å². The number of aliphatic hydroxyl groups excluding tert-OH is 1. The van der Waals surface area contributed by atoms with Crippen molar-refractivity contribution in [2.45, 2.75) is 25.4 Å². The Morgan fingerprint density at radius 3 is 1.88 bits per heavy atom. The van der Waals surface area contributed by atoms with Gasteiger partial charge in [-0.05, 0) is 79.9 Å². The van der Waals surface area contributed by atoms with E-state index in [0.29, 0.717) is 0 Å². The van der Waals surface area contributed by atoms with Crippen LogP contribution in [0.4, 0.5) is 0 Å². The first-order valence-corrected chi connectivity index (χ1v) is 15.3. The first kappa shape index (κ1) is 25.2. The Kier molecular flexibility index (Phi) is 5.72. The lowest BCUT2D eigenvalue weighted by Crippen LogP contribution is -2.29. The Balaban J connectivity index is 1.24. The molecule has 6 aromatic carbocycles. The van der Waals surface area contributed by atoms with Crippen LogP contribution in [0.1, 0.15) is 42.2 Å². The Hall–Kier alpha value is -4.50. The molecule has 2 heteroatoms. The SMILES string of the molecule is CC1(C)c2ccc(-c3cccc(-c4ccccc4)c3)cc2C(O)c2cc(-c3cccc4c3sc3ccccc34)ccc21. The van der Waals surface area contributed by atoms with Crippen molar-refractivity contribution in [3.05, 3.63) is 156 Å². The third-order valence-electron chi connectivity index (χ3n) is 9.06. The number of fused-ring (bicyclic) bond motifs is 5. The normalized spacial score (nSPS) is 15.5. The molecule has 0 fully saturated rings. The fourth-order valence-electron chi connectivity index (χ4n) is 6.86. The minimum absolute atomic E-state index is 0.226. The zero-order valence-electron chi connectivity index (χ0n) is 23.6. The zero-order chi connectivity index (χ0) is 28.4. The number of rotatable bonds is 3. The zero-order valence-corrected chi connectivity index (χ0v) is 24.5. The minimum atomic E-state index is -0.693. The van der Waals surface area contributed by atoms with Crippen LogP contribution >= 0.6 is 11.3 Å². The summed E-state index contributed by atoms with van der Waals surface area (Å²) in [4.78, 5) is 0. The van der Waals surface area contributed by atoms with E-state index in [2.05, 4.69) is 141 Å². The predicted molar refractivity (Wildman–Crippen MR) is 178 cm³/mol. The number of hydrogen-bond donors (Lipinski definition) is 1. The lowest BCUT2D eigenvalue weighted by atomic mass is 9.67. The molecule has 1 aliphatic carbocycles. The summed E-state index contributed by atoms with van der Waals surface area (Å²) in [7, 11) is 0. The van der Waals surface area contributed by atoms with Crippen LogP contribution in [0.15, 0.2) is 133 Å². The Morgan fingerprint density at radius 2 is 1.10 bits per heavy atom. The minimum Gasteiger partial charge on any atom is -0.384 e. The topological polar surface area (TPSA) is 20.2 Å².